The Hall–Kier alpha value is -2.96. The van der Waals surface area contributed by atoms with Gasteiger partial charge in [-0.2, -0.15) is 0 Å². The van der Waals surface area contributed by atoms with Crippen LogP contribution in [0.3, 0.4) is 0 Å². The number of ether oxygens (including phenoxy) is 1. The summed E-state index contributed by atoms with van der Waals surface area (Å²) >= 11 is 1.21. The van der Waals surface area contributed by atoms with Gasteiger partial charge in [-0.05, 0) is 61.4 Å². The summed E-state index contributed by atoms with van der Waals surface area (Å²) in [6, 6.07) is 11.0. The number of hydrazine groups is 1. The van der Waals surface area contributed by atoms with Gasteiger partial charge in [0.15, 0.2) is 0 Å². The molecule has 2 aromatic carbocycles. The molecule has 0 bridgehead atoms. The molecule has 2 saturated heterocycles. The average molecular weight is 496 g/mol. The first kappa shape index (κ1) is 24.2. The summed E-state index contributed by atoms with van der Waals surface area (Å²) < 4.78 is 40.6. The minimum absolute atomic E-state index is 0.0210. The van der Waals surface area contributed by atoms with E-state index in [0.717, 1.165) is 23.4 Å². The van der Waals surface area contributed by atoms with Crippen LogP contribution in [0.1, 0.15) is 11.1 Å². The quantitative estimate of drug-likeness (QED) is 0.490. The lowest BCUT2D eigenvalue weighted by atomic mass is 10.0. The number of nitrogens with zero attached hydrogens (tertiary/aromatic N) is 1. The van der Waals surface area contributed by atoms with Crippen molar-refractivity contribution in [2.45, 2.75) is 31.9 Å². The molecule has 0 saturated carbocycles. The molecule has 12 heteroatoms. The number of thioether (sulfide) groups is 1. The third kappa shape index (κ3) is 5.75. The van der Waals surface area contributed by atoms with Gasteiger partial charge in [0.2, 0.25) is 11.8 Å². The fourth-order valence-corrected chi connectivity index (χ4v) is 4.58. The average Bonchev–Trinajstić information content (AvgIpc) is 3.19. The second-order valence-corrected chi connectivity index (χ2v) is 9.13. The van der Waals surface area contributed by atoms with Crippen molar-refractivity contribution in [1.29, 1.82) is 0 Å². The minimum Gasteiger partial charge on any atom is -0.406 e. The number of carbonyl (C=O) groups is 2. The van der Waals surface area contributed by atoms with Crippen molar-refractivity contribution < 1.29 is 27.5 Å². The predicted octanol–water partition coefficient (Wildman–Crippen LogP) is 2.84. The Labute approximate surface area is 198 Å². The molecule has 0 aliphatic carbocycles. The third-order valence-corrected chi connectivity index (χ3v) is 6.61. The van der Waals surface area contributed by atoms with E-state index in [9.17, 15) is 22.8 Å². The van der Waals surface area contributed by atoms with E-state index in [0.29, 0.717) is 12.2 Å². The van der Waals surface area contributed by atoms with Crippen LogP contribution >= 0.6 is 11.8 Å². The van der Waals surface area contributed by atoms with E-state index in [1.54, 1.807) is 0 Å². The monoisotopic (exact) mass is 495 g/mol. The molecule has 3 unspecified atom stereocenters. The SMILES string of the molecule is Cc1ccc(N2NCC3C(=O)NC(SCC(=O)Nc4ccc(OC(F)(F)F)cc4)NC32)cc1C. The van der Waals surface area contributed by atoms with Crippen LogP contribution in [0.25, 0.3) is 0 Å². The lowest BCUT2D eigenvalue weighted by Gasteiger charge is -2.37. The summed E-state index contributed by atoms with van der Waals surface area (Å²) in [5, 5.41) is 10.8. The molecule has 3 atom stereocenters. The van der Waals surface area contributed by atoms with E-state index in [-0.39, 0.29) is 35.4 Å². The van der Waals surface area contributed by atoms with Gasteiger partial charge in [0, 0.05) is 12.2 Å². The number of benzene rings is 2. The largest absolute Gasteiger partial charge is 0.573 e. The van der Waals surface area contributed by atoms with Crippen molar-refractivity contribution in [3.8, 4) is 5.75 Å². The molecule has 8 nitrogen and oxygen atoms in total. The van der Waals surface area contributed by atoms with E-state index >= 15 is 0 Å². The topological polar surface area (TPSA) is 94.7 Å². The molecule has 0 radical (unpaired) electrons. The van der Waals surface area contributed by atoms with Crippen molar-refractivity contribution in [1.82, 2.24) is 16.1 Å². The summed E-state index contributed by atoms with van der Waals surface area (Å²) in [6.45, 7) is 4.55. The number of amides is 2. The Morgan fingerprint density at radius 2 is 1.91 bits per heavy atom. The highest BCUT2D eigenvalue weighted by Gasteiger charge is 2.44. The normalized spacial score (nSPS) is 22.2. The molecule has 2 amide bonds. The van der Waals surface area contributed by atoms with Crippen LogP contribution in [0.4, 0.5) is 24.5 Å². The van der Waals surface area contributed by atoms with Crippen LogP contribution in [0, 0.1) is 19.8 Å². The molecule has 2 fully saturated rings. The lowest BCUT2D eigenvalue weighted by molar-refractivity contribution is -0.274. The summed E-state index contributed by atoms with van der Waals surface area (Å²) in [5.41, 5.74) is 6.38. The van der Waals surface area contributed by atoms with Crippen LogP contribution in [-0.2, 0) is 9.59 Å². The number of hydrogen-bond donors (Lipinski definition) is 4. The molecule has 0 aromatic heterocycles. The standard InChI is InChI=1S/C22H24F3N5O3S/c1-12-3-6-15(9-13(12)2)30-19-17(10-26-30)20(32)29-21(28-19)34-11-18(31)27-14-4-7-16(8-5-14)33-22(23,24)25/h3-9,17,19,21,26,28H,10-11H2,1-2H3,(H,27,31)(H,29,32). The summed E-state index contributed by atoms with van der Waals surface area (Å²) in [4.78, 5) is 25.0. The van der Waals surface area contributed by atoms with Crippen molar-refractivity contribution in [2.75, 3.05) is 22.6 Å². The summed E-state index contributed by atoms with van der Waals surface area (Å²) in [7, 11) is 0. The first-order chi connectivity index (χ1) is 16.1. The number of nitrogens with one attached hydrogen (secondary N) is 4. The molecule has 4 rings (SSSR count). The zero-order valence-corrected chi connectivity index (χ0v) is 19.2. The van der Waals surface area contributed by atoms with Gasteiger partial charge in [0.25, 0.3) is 0 Å². The number of aryl methyl sites for hydroxylation is 2. The van der Waals surface area contributed by atoms with E-state index in [1.165, 1.54) is 29.5 Å². The summed E-state index contributed by atoms with van der Waals surface area (Å²) in [5.74, 6) is -1.11. The maximum atomic E-state index is 12.6. The van der Waals surface area contributed by atoms with E-state index in [4.69, 9.17) is 0 Å². The number of anilines is 2. The van der Waals surface area contributed by atoms with Crippen LogP contribution in [-0.4, -0.2) is 42.1 Å². The first-order valence-corrected chi connectivity index (χ1v) is 11.6. The Kier molecular flexibility index (Phi) is 6.91. The molecule has 4 N–H and O–H groups in total. The Balaban J connectivity index is 1.32. The number of fused-ring (bicyclic) bond motifs is 1. The van der Waals surface area contributed by atoms with Crippen LogP contribution in [0.15, 0.2) is 42.5 Å². The van der Waals surface area contributed by atoms with Gasteiger partial charge in [-0.15, -0.1) is 24.9 Å². The van der Waals surface area contributed by atoms with Crippen LogP contribution < -0.4 is 31.1 Å². The Bertz CT molecular complexity index is 1070. The molecule has 182 valence electrons. The maximum absolute atomic E-state index is 12.6. The van der Waals surface area contributed by atoms with Gasteiger partial charge >= 0.3 is 6.36 Å². The molecular weight excluding hydrogens is 471 g/mol. The molecule has 2 aliphatic rings. The third-order valence-electron chi connectivity index (χ3n) is 5.59. The zero-order chi connectivity index (χ0) is 24.5. The molecule has 2 aromatic rings. The van der Waals surface area contributed by atoms with E-state index in [1.807, 2.05) is 31.0 Å². The van der Waals surface area contributed by atoms with Gasteiger partial charge in [-0.1, -0.05) is 6.07 Å². The van der Waals surface area contributed by atoms with Gasteiger partial charge in [-0.3, -0.25) is 19.9 Å². The maximum Gasteiger partial charge on any atom is 0.573 e. The minimum atomic E-state index is -4.78. The number of carbonyl (C=O) groups excluding carboxylic acids is 2. The Morgan fingerprint density at radius 3 is 2.59 bits per heavy atom. The smallest absolute Gasteiger partial charge is 0.406 e. The Morgan fingerprint density at radius 1 is 1.18 bits per heavy atom. The predicted molar refractivity (Wildman–Crippen MR) is 123 cm³/mol. The van der Waals surface area contributed by atoms with Crippen molar-refractivity contribution in [3.05, 3.63) is 53.6 Å². The number of halogens is 3. The molecule has 0 spiro atoms. The zero-order valence-electron chi connectivity index (χ0n) is 18.4. The van der Waals surface area contributed by atoms with Gasteiger partial charge in [0.1, 0.15) is 17.4 Å². The van der Waals surface area contributed by atoms with Crippen molar-refractivity contribution >= 4 is 35.0 Å². The van der Waals surface area contributed by atoms with Gasteiger partial charge in [-0.25, -0.2) is 5.43 Å². The highest BCUT2D eigenvalue weighted by atomic mass is 32.2. The highest BCUT2D eigenvalue weighted by molar-refractivity contribution is 8.00. The van der Waals surface area contributed by atoms with Crippen LogP contribution in [0.2, 0.25) is 0 Å². The lowest BCUT2D eigenvalue weighted by Crippen LogP contribution is -2.63. The summed E-state index contributed by atoms with van der Waals surface area (Å²) in [6.07, 6.45) is -5.06. The molecular formula is C22H24F3N5O3S. The molecule has 2 aliphatic heterocycles. The highest BCUT2D eigenvalue weighted by Crippen LogP contribution is 2.28. The fraction of sp³-hybridized carbons (Fsp3) is 0.364. The molecule has 2 heterocycles. The van der Waals surface area contributed by atoms with Crippen molar-refractivity contribution in [2.24, 2.45) is 5.92 Å². The van der Waals surface area contributed by atoms with Crippen molar-refractivity contribution in [3.63, 3.8) is 0 Å². The second kappa shape index (κ2) is 9.72. The number of alkyl halides is 3. The molecule has 34 heavy (non-hydrogen) atoms. The first-order valence-electron chi connectivity index (χ1n) is 10.5. The van der Waals surface area contributed by atoms with Crippen LogP contribution in [0.5, 0.6) is 5.75 Å². The fourth-order valence-electron chi connectivity index (χ4n) is 3.76. The second-order valence-electron chi connectivity index (χ2n) is 8.04. The van der Waals surface area contributed by atoms with E-state index < -0.39 is 11.9 Å². The number of rotatable bonds is 6. The van der Waals surface area contributed by atoms with Gasteiger partial charge < -0.3 is 15.4 Å². The van der Waals surface area contributed by atoms with E-state index in [2.05, 4.69) is 32.2 Å². The van der Waals surface area contributed by atoms with Gasteiger partial charge in [0.05, 0.1) is 17.4 Å². The number of hydrogen-bond acceptors (Lipinski definition) is 7.